The van der Waals surface area contributed by atoms with E-state index >= 15 is 0 Å². The Balaban J connectivity index is 1.78. The predicted octanol–water partition coefficient (Wildman–Crippen LogP) is 3.07. The van der Waals surface area contributed by atoms with Crippen molar-refractivity contribution in [2.45, 2.75) is 37.5 Å². The van der Waals surface area contributed by atoms with Crippen molar-refractivity contribution < 1.29 is 32.6 Å². The van der Waals surface area contributed by atoms with Crippen LogP contribution in [0.1, 0.15) is 31.2 Å². The Kier molecular flexibility index (Phi) is 3.89. The van der Waals surface area contributed by atoms with Crippen molar-refractivity contribution in [3.05, 3.63) is 24.0 Å². The van der Waals surface area contributed by atoms with Crippen molar-refractivity contribution in [3.63, 3.8) is 0 Å². The second-order valence-corrected chi connectivity index (χ2v) is 6.18. The summed E-state index contributed by atoms with van der Waals surface area (Å²) in [5.74, 6) is -1.35. The van der Waals surface area contributed by atoms with Gasteiger partial charge < -0.3 is 9.84 Å². The summed E-state index contributed by atoms with van der Waals surface area (Å²) in [6.07, 6.45) is -1.92. The van der Waals surface area contributed by atoms with Crippen LogP contribution in [0.15, 0.2) is 18.5 Å². The molecule has 0 radical (unpaired) electrons. The number of carboxylic acids is 1. The number of amides is 1. The molecule has 1 aliphatic carbocycles. The van der Waals surface area contributed by atoms with E-state index in [1.165, 1.54) is 6.20 Å². The monoisotopic (exact) mass is 344 g/mol. The number of anilines is 1. The van der Waals surface area contributed by atoms with Crippen LogP contribution in [0, 0.1) is 5.92 Å². The Morgan fingerprint density at radius 3 is 2.58 bits per heavy atom. The molecule has 1 N–H and O–H groups in total. The third-order valence-corrected chi connectivity index (χ3v) is 4.58. The highest BCUT2D eigenvalue weighted by Crippen LogP contribution is 2.41. The highest BCUT2D eigenvalue weighted by Gasteiger charge is 2.48. The van der Waals surface area contributed by atoms with Gasteiger partial charge in [0.25, 0.3) is 0 Å². The zero-order chi connectivity index (χ0) is 17.5. The van der Waals surface area contributed by atoms with Crippen LogP contribution < -0.4 is 4.90 Å². The molecule has 6 nitrogen and oxygen atoms in total. The van der Waals surface area contributed by atoms with Crippen LogP contribution in [0.25, 0.3) is 0 Å². The molecular formula is C15H15F3N2O4. The molecule has 0 bridgehead atoms. The highest BCUT2D eigenvalue weighted by atomic mass is 19.4. The van der Waals surface area contributed by atoms with E-state index in [0.717, 1.165) is 11.0 Å². The molecule has 130 valence electrons. The minimum atomic E-state index is -4.55. The van der Waals surface area contributed by atoms with Crippen LogP contribution in [-0.2, 0) is 15.7 Å². The summed E-state index contributed by atoms with van der Waals surface area (Å²) in [5.41, 5.74) is -1.76. The number of halogens is 3. The van der Waals surface area contributed by atoms with Gasteiger partial charge in [0.1, 0.15) is 5.60 Å². The third-order valence-electron chi connectivity index (χ3n) is 4.58. The topological polar surface area (TPSA) is 79.7 Å². The second kappa shape index (κ2) is 5.64. The number of hydrogen-bond acceptors (Lipinski definition) is 4. The number of carboxylic acid groups (broad SMARTS) is 1. The molecule has 9 heteroatoms. The summed E-state index contributed by atoms with van der Waals surface area (Å²) < 4.78 is 43.8. The van der Waals surface area contributed by atoms with Gasteiger partial charge in [-0.2, -0.15) is 13.2 Å². The second-order valence-electron chi connectivity index (χ2n) is 6.18. The van der Waals surface area contributed by atoms with E-state index in [2.05, 4.69) is 4.98 Å². The van der Waals surface area contributed by atoms with Gasteiger partial charge in [0.05, 0.1) is 29.9 Å². The average Bonchev–Trinajstić information content (AvgIpc) is 2.83. The van der Waals surface area contributed by atoms with E-state index in [1.54, 1.807) is 0 Å². The first kappa shape index (κ1) is 16.5. The summed E-state index contributed by atoms with van der Waals surface area (Å²) in [6, 6.07) is 0.857. The predicted molar refractivity (Wildman–Crippen MR) is 75.4 cm³/mol. The summed E-state index contributed by atoms with van der Waals surface area (Å²) in [7, 11) is 0. The number of carbonyl (C=O) groups is 2. The molecule has 2 heterocycles. The van der Waals surface area contributed by atoms with Crippen LogP contribution in [-0.4, -0.2) is 34.3 Å². The van der Waals surface area contributed by atoms with Crippen molar-refractivity contribution >= 4 is 17.7 Å². The number of alkyl halides is 3. The maximum Gasteiger partial charge on any atom is 0.417 e. The van der Waals surface area contributed by atoms with Crippen molar-refractivity contribution in [1.29, 1.82) is 0 Å². The molecule has 24 heavy (non-hydrogen) atoms. The van der Waals surface area contributed by atoms with Crippen molar-refractivity contribution in [2.75, 3.05) is 11.4 Å². The highest BCUT2D eigenvalue weighted by molar-refractivity contribution is 5.90. The van der Waals surface area contributed by atoms with Crippen LogP contribution in [0.5, 0.6) is 0 Å². The van der Waals surface area contributed by atoms with Gasteiger partial charge in [-0.25, -0.2) is 4.79 Å². The molecule has 1 aliphatic heterocycles. The van der Waals surface area contributed by atoms with Gasteiger partial charge in [-0.05, 0) is 31.7 Å². The SMILES string of the molecule is O=C(O)C1CCC2(CC1)CN(c1cncc(C(F)(F)F)c1)C(=O)O2. The van der Waals surface area contributed by atoms with Gasteiger partial charge in [-0.3, -0.25) is 14.7 Å². The molecule has 2 fully saturated rings. The first-order valence-electron chi connectivity index (χ1n) is 7.46. The molecule has 1 amide bonds. The van der Waals surface area contributed by atoms with E-state index in [4.69, 9.17) is 9.84 Å². The Bertz CT molecular complexity index is 669. The standard InChI is InChI=1S/C15H15F3N2O4/c16-15(17,18)10-5-11(7-19-6-10)20-8-14(24-13(20)23)3-1-9(2-4-14)12(21)22/h5-7,9H,1-4,8H2,(H,21,22). The normalized spacial score (nSPS) is 27.4. The van der Waals surface area contributed by atoms with Crippen molar-refractivity contribution in [3.8, 4) is 0 Å². The van der Waals surface area contributed by atoms with Gasteiger partial charge in [0.15, 0.2) is 0 Å². The van der Waals surface area contributed by atoms with E-state index in [-0.39, 0.29) is 12.2 Å². The quantitative estimate of drug-likeness (QED) is 0.892. The zero-order valence-electron chi connectivity index (χ0n) is 12.5. The molecular weight excluding hydrogens is 329 g/mol. The van der Waals surface area contributed by atoms with Crippen LogP contribution in [0.2, 0.25) is 0 Å². The number of pyridine rings is 1. The molecule has 1 aromatic rings. The molecule has 2 aliphatic rings. The minimum absolute atomic E-state index is 0.0204. The largest absolute Gasteiger partial charge is 0.481 e. The van der Waals surface area contributed by atoms with Crippen LogP contribution in [0.4, 0.5) is 23.7 Å². The lowest BCUT2D eigenvalue weighted by Gasteiger charge is -2.33. The molecule has 0 atom stereocenters. The number of carbonyl (C=O) groups excluding carboxylic acids is 1. The third kappa shape index (κ3) is 3.02. The fourth-order valence-electron chi connectivity index (χ4n) is 3.20. The summed E-state index contributed by atoms with van der Waals surface area (Å²) in [5, 5.41) is 9.03. The maximum atomic E-state index is 12.8. The molecule has 3 rings (SSSR count). The Labute approximate surface area is 135 Å². The smallest absolute Gasteiger partial charge is 0.417 e. The van der Waals surface area contributed by atoms with Crippen LogP contribution >= 0.6 is 0 Å². The Morgan fingerprint density at radius 1 is 1.33 bits per heavy atom. The van der Waals surface area contributed by atoms with Gasteiger partial charge in [-0.1, -0.05) is 0 Å². The minimum Gasteiger partial charge on any atom is -0.481 e. The average molecular weight is 344 g/mol. The van der Waals surface area contributed by atoms with E-state index in [0.29, 0.717) is 31.9 Å². The number of hydrogen-bond donors (Lipinski definition) is 1. The molecule has 0 unspecified atom stereocenters. The fourth-order valence-corrected chi connectivity index (χ4v) is 3.20. The van der Waals surface area contributed by atoms with Gasteiger partial charge in [-0.15, -0.1) is 0 Å². The number of ether oxygens (including phenoxy) is 1. The first-order valence-corrected chi connectivity index (χ1v) is 7.46. The number of nitrogens with zero attached hydrogens (tertiary/aromatic N) is 2. The molecule has 1 saturated carbocycles. The molecule has 1 saturated heterocycles. The molecule has 1 spiro atoms. The van der Waals surface area contributed by atoms with E-state index in [1.807, 2.05) is 0 Å². The summed E-state index contributed by atoms with van der Waals surface area (Å²) >= 11 is 0. The lowest BCUT2D eigenvalue weighted by atomic mass is 9.79. The molecule has 1 aromatic heterocycles. The maximum absolute atomic E-state index is 12.8. The zero-order valence-corrected chi connectivity index (χ0v) is 12.5. The lowest BCUT2D eigenvalue weighted by Crippen LogP contribution is -2.40. The van der Waals surface area contributed by atoms with Crippen molar-refractivity contribution in [2.24, 2.45) is 5.92 Å². The summed E-state index contributed by atoms with van der Waals surface area (Å²) in [6.45, 7) is 0.0984. The van der Waals surface area contributed by atoms with Crippen molar-refractivity contribution in [1.82, 2.24) is 4.98 Å². The van der Waals surface area contributed by atoms with Gasteiger partial charge in [0, 0.05) is 6.20 Å². The fraction of sp³-hybridized carbons (Fsp3) is 0.533. The Hall–Kier alpha value is -2.32. The summed E-state index contributed by atoms with van der Waals surface area (Å²) in [4.78, 5) is 27.8. The van der Waals surface area contributed by atoms with E-state index < -0.39 is 35.3 Å². The van der Waals surface area contributed by atoms with Crippen LogP contribution in [0.3, 0.4) is 0 Å². The Morgan fingerprint density at radius 2 is 2.00 bits per heavy atom. The van der Waals surface area contributed by atoms with E-state index in [9.17, 15) is 22.8 Å². The first-order chi connectivity index (χ1) is 11.2. The van der Waals surface area contributed by atoms with Gasteiger partial charge in [0.2, 0.25) is 0 Å². The molecule has 0 aromatic carbocycles. The lowest BCUT2D eigenvalue weighted by molar-refractivity contribution is -0.144. The number of aliphatic carboxylic acids is 1. The number of rotatable bonds is 2. The van der Waals surface area contributed by atoms with Gasteiger partial charge >= 0.3 is 18.2 Å². The number of aromatic nitrogens is 1.